The zero-order valence-corrected chi connectivity index (χ0v) is 10.9. The van der Waals surface area contributed by atoms with Crippen LogP contribution in [0.2, 0.25) is 0 Å². The molecule has 0 aliphatic heterocycles. The van der Waals surface area contributed by atoms with Crippen molar-refractivity contribution in [1.82, 2.24) is 4.98 Å². The van der Waals surface area contributed by atoms with E-state index in [0.717, 1.165) is 0 Å². The maximum Gasteiger partial charge on any atom is 0.140 e. The highest BCUT2D eigenvalue weighted by molar-refractivity contribution is 5.44. The van der Waals surface area contributed by atoms with E-state index in [2.05, 4.69) is 10.3 Å². The van der Waals surface area contributed by atoms with Crippen LogP contribution in [-0.2, 0) is 0 Å². The van der Waals surface area contributed by atoms with Gasteiger partial charge < -0.3 is 10.4 Å². The third kappa shape index (κ3) is 3.31. The van der Waals surface area contributed by atoms with Crippen molar-refractivity contribution in [1.29, 1.82) is 5.26 Å². The number of benzene rings is 1. The molecule has 1 heterocycles. The Morgan fingerprint density at radius 2 is 1.95 bits per heavy atom. The first-order valence-corrected chi connectivity index (χ1v) is 6.16. The van der Waals surface area contributed by atoms with Crippen molar-refractivity contribution in [3.05, 3.63) is 59.7 Å². The summed E-state index contributed by atoms with van der Waals surface area (Å²) in [6.07, 6.45) is 0.762. The Hall–Kier alpha value is -2.45. The molecule has 1 aromatic carbocycles. The first-order valence-electron chi connectivity index (χ1n) is 6.16. The van der Waals surface area contributed by atoms with Gasteiger partial charge in [0, 0.05) is 0 Å². The molecule has 0 radical (unpaired) electrons. The number of anilines is 1. The van der Waals surface area contributed by atoms with Gasteiger partial charge in [0.25, 0.3) is 0 Å². The molecule has 0 fully saturated rings. The predicted octanol–water partition coefficient (Wildman–Crippen LogP) is 2.63. The van der Waals surface area contributed by atoms with Crippen molar-refractivity contribution in [2.45, 2.75) is 19.1 Å². The minimum absolute atomic E-state index is 0.282. The number of hydrogen-bond acceptors (Lipinski definition) is 4. The standard InChI is InChI=1S/C15H14FN3O/c1-10(15(20)11-2-4-12(16)5-3-11)19-14-7-6-13(8-17)18-9-14/h2-7,9-10,15,19-20H,1H3/t10-,15-/m1/s1. The molecule has 0 unspecified atom stereocenters. The molecule has 5 heteroatoms. The Kier molecular flexibility index (Phi) is 4.28. The Morgan fingerprint density at radius 1 is 1.25 bits per heavy atom. The van der Waals surface area contributed by atoms with E-state index < -0.39 is 6.10 Å². The molecule has 2 aromatic rings. The summed E-state index contributed by atoms with van der Waals surface area (Å²) in [4.78, 5) is 3.94. The second-order valence-corrected chi connectivity index (χ2v) is 4.47. The van der Waals surface area contributed by atoms with E-state index in [1.165, 1.54) is 18.3 Å². The molecule has 0 bridgehead atoms. The lowest BCUT2D eigenvalue weighted by molar-refractivity contribution is 0.160. The molecule has 0 saturated carbocycles. The fraction of sp³-hybridized carbons (Fsp3) is 0.200. The van der Waals surface area contributed by atoms with E-state index in [4.69, 9.17) is 5.26 Å². The highest BCUT2D eigenvalue weighted by atomic mass is 19.1. The highest BCUT2D eigenvalue weighted by Crippen LogP contribution is 2.20. The van der Waals surface area contributed by atoms with Crippen molar-refractivity contribution in [2.75, 3.05) is 5.32 Å². The summed E-state index contributed by atoms with van der Waals surface area (Å²) >= 11 is 0. The minimum Gasteiger partial charge on any atom is -0.386 e. The Labute approximate surface area is 116 Å². The van der Waals surface area contributed by atoms with Gasteiger partial charge in [0.05, 0.1) is 24.0 Å². The fourth-order valence-corrected chi connectivity index (χ4v) is 1.84. The van der Waals surface area contributed by atoms with Crippen molar-refractivity contribution in [2.24, 2.45) is 0 Å². The highest BCUT2D eigenvalue weighted by Gasteiger charge is 2.16. The molecular formula is C15H14FN3O. The summed E-state index contributed by atoms with van der Waals surface area (Å²) in [7, 11) is 0. The Balaban J connectivity index is 2.05. The molecule has 20 heavy (non-hydrogen) atoms. The second-order valence-electron chi connectivity index (χ2n) is 4.47. The van der Waals surface area contributed by atoms with Crippen molar-refractivity contribution >= 4 is 5.69 Å². The average Bonchev–Trinajstić information content (AvgIpc) is 2.48. The molecule has 2 rings (SSSR count). The zero-order chi connectivity index (χ0) is 14.5. The van der Waals surface area contributed by atoms with Crippen LogP contribution in [0.15, 0.2) is 42.6 Å². The molecule has 0 spiro atoms. The molecule has 1 aromatic heterocycles. The normalized spacial score (nSPS) is 13.3. The third-order valence-electron chi connectivity index (χ3n) is 2.96. The van der Waals surface area contributed by atoms with Gasteiger partial charge in [-0.05, 0) is 36.8 Å². The molecule has 0 amide bonds. The lowest BCUT2D eigenvalue weighted by Crippen LogP contribution is -2.24. The number of hydrogen-bond donors (Lipinski definition) is 2. The van der Waals surface area contributed by atoms with Crippen molar-refractivity contribution in [3.63, 3.8) is 0 Å². The third-order valence-corrected chi connectivity index (χ3v) is 2.96. The quantitative estimate of drug-likeness (QED) is 0.897. The average molecular weight is 271 g/mol. The maximum atomic E-state index is 12.8. The largest absolute Gasteiger partial charge is 0.386 e. The summed E-state index contributed by atoms with van der Waals surface area (Å²) in [6.45, 7) is 1.81. The van der Waals surface area contributed by atoms with Crippen LogP contribution in [0, 0.1) is 17.1 Å². The number of rotatable bonds is 4. The van der Waals surface area contributed by atoms with Crippen molar-refractivity contribution in [3.8, 4) is 6.07 Å². The van der Waals surface area contributed by atoms with Gasteiger partial charge in [0.2, 0.25) is 0 Å². The van der Waals surface area contributed by atoms with Crippen LogP contribution in [0.3, 0.4) is 0 Å². The summed E-state index contributed by atoms with van der Waals surface area (Å²) in [5.41, 5.74) is 1.67. The predicted molar refractivity (Wildman–Crippen MR) is 73.4 cm³/mol. The SMILES string of the molecule is C[C@@H](Nc1ccc(C#N)nc1)[C@@H](O)c1ccc(F)cc1. The molecule has 0 aliphatic carbocycles. The Bertz CT molecular complexity index is 605. The molecule has 0 aliphatic rings. The van der Waals surface area contributed by atoms with Crippen LogP contribution in [0.5, 0.6) is 0 Å². The van der Waals surface area contributed by atoms with Gasteiger partial charge in [-0.1, -0.05) is 12.1 Å². The number of aliphatic hydroxyl groups is 1. The number of nitrogens with zero attached hydrogens (tertiary/aromatic N) is 2. The van der Waals surface area contributed by atoms with E-state index in [9.17, 15) is 9.50 Å². The molecular weight excluding hydrogens is 257 g/mol. The van der Waals surface area contributed by atoms with Gasteiger partial charge in [0.1, 0.15) is 17.6 Å². The lowest BCUT2D eigenvalue weighted by Gasteiger charge is -2.21. The van der Waals surface area contributed by atoms with E-state index in [1.807, 2.05) is 13.0 Å². The fourth-order valence-electron chi connectivity index (χ4n) is 1.84. The van der Waals surface area contributed by atoms with Gasteiger partial charge in [-0.3, -0.25) is 0 Å². The van der Waals surface area contributed by atoms with Crippen LogP contribution >= 0.6 is 0 Å². The molecule has 102 valence electrons. The molecule has 4 nitrogen and oxygen atoms in total. The number of nitriles is 1. The molecule has 2 N–H and O–H groups in total. The number of aromatic nitrogens is 1. The minimum atomic E-state index is -0.772. The van der Waals surface area contributed by atoms with Gasteiger partial charge >= 0.3 is 0 Å². The van der Waals surface area contributed by atoms with Crippen LogP contribution in [0.1, 0.15) is 24.3 Å². The first-order chi connectivity index (χ1) is 9.60. The Morgan fingerprint density at radius 3 is 2.50 bits per heavy atom. The number of aliphatic hydroxyl groups excluding tert-OH is 1. The number of pyridine rings is 1. The smallest absolute Gasteiger partial charge is 0.140 e. The van der Waals surface area contributed by atoms with Crippen LogP contribution in [0.4, 0.5) is 10.1 Å². The van der Waals surface area contributed by atoms with Gasteiger partial charge in [-0.2, -0.15) is 5.26 Å². The maximum absolute atomic E-state index is 12.8. The van der Waals surface area contributed by atoms with E-state index in [0.29, 0.717) is 16.9 Å². The first kappa shape index (κ1) is 14.0. The zero-order valence-electron chi connectivity index (χ0n) is 10.9. The van der Waals surface area contributed by atoms with E-state index in [-0.39, 0.29) is 11.9 Å². The monoisotopic (exact) mass is 271 g/mol. The summed E-state index contributed by atoms with van der Waals surface area (Å²) < 4.78 is 12.8. The number of nitrogens with one attached hydrogen (secondary N) is 1. The van der Waals surface area contributed by atoms with Crippen LogP contribution in [-0.4, -0.2) is 16.1 Å². The topological polar surface area (TPSA) is 68.9 Å². The number of halogens is 1. The van der Waals surface area contributed by atoms with Crippen molar-refractivity contribution < 1.29 is 9.50 Å². The summed E-state index contributed by atoms with van der Waals surface area (Å²) in [6, 6.07) is 10.7. The van der Waals surface area contributed by atoms with Gasteiger partial charge in [0.15, 0.2) is 0 Å². The van der Waals surface area contributed by atoms with Crippen LogP contribution < -0.4 is 5.32 Å². The molecule has 2 atom stereocenters. The molecule has 0 saturated heterocycles. The summed E-state index contributed by atoms with van der Waals surface area (Å²) in [5, 5.41) is 21.9. The van der Waals surface area contributed by atoms with E-state index >= 15 is 0 Å². The lowest BCUT2D eigenvalue weighted by atomic mass is 10.0. The van der Waals surface area contributed by atoms with E-state index in [1.54, 1.807) is 24.3 Å². The van der Waals surface area contributed by atoms with Crippen LogP contribution in [0.25, 0.3) is 0 Å². The summed E-state index contributed by atoms with van der Waals surface area (Å²) in [5.74, 6) is -0.335. The van der Waals surface area contributed by atoms with Gasteiger partial charge in [-0.25, -0.2) is 9.37 Å². The second kappa shape index (κ2) is 6.13. The van der Waals surface area contributed by atoms with Gasteiger partial charge in [-0.15, -0.1) is 0 Å².